The Morgan fingerprint density at radius 3 is 3.00 bits per heavy atom. The standard InChI is InChI=1S/C15H11N3O3/c16-8-10-7-11(5-6-17-10)18-9-14(15(19)20)21-13-4-2-1-3-12(13)18/h1-7,14H,9H2,(H,19,20). The molecule has 1 aliphatic rings. The summed E-state index contributed by atoms with van der Waals surface area (Å²) in [5.41, 5.74) is 1.76. The Bertz CT molecular complexity index is 739. The highest BCUT2D eigenvalue weighted by Crippen LogP contribution is 2.37. The van der Waals surface area contributed by atoms with E-state index in [0.717, 1.165) is 5.69 Å². The summed E-state index contributed by atoms with van der Waals surface area (Å²) in [5.74, 6) is -0.518. The second-order valence-electron chi connectivity index (χ2n) is 4.53. The van der Waals surface area contributed by atoms with Gasteiger partial charge in [0, 0.05) is 11.9 Å². The normalized spacial score (nSPS) is 16.5. The zero-order valence-corrected chi connectivity index (χ0v) is 10.9. The summed E-state index contributed by atoms with van der Waals surface area (Å²) in [7, 11) is 0. The molecule has 0 aliphatic carbocycles. The van der Waals surface area contributed by atoms with Crippen molar-refractivity contribution in [1.29, 1.82) is 5.26 Å². The molecule has 1 aliphatic heterocycles. The van der Waals surface area contributed by atoms with Crippen LogP contribution in [0.2, 0.25) is 0 Å². The maximum absolute atomic E-state index is 11.2. The molecule has 104 valence electrons. The number of aliphatic carboxylic acids is 1. The van der Waals surface area contributed by atoms with Gasteiger partial charge in [-0.2, -0.15) is 5.26 Å². The van der Waals surface area contributed by atoms with Crippen LogP contribution in [-0.2, 0) is 4.79 Å². The van der Waals surface area contributed by atoms with Gasteiger partial charge in [0.1, 0.15) is 17.5 Å². The molecule has 1 unspecified atom stereocenters. The topological polar surface area (TPSA) is 86.5 Å². The summed E-state index contributed by atoms with van der Waals surface area (Å²) in [6, 6.07) is 12.6. The number of benzene rings is 1. The lowest BCUT2D eigenvalue weighted by atomic mass is 10.1. The van der Waals surface area contributed by atoms with Gasteiger partial charge in [0.2, 0.25) is 6.10 Å². The molecule has 0 saturated carbocycles. The molecule has 6 heteroatoms. The molecule has 3 rings (SSSR count). The molecule has 1 atom stereocenters. The molecule has 0 bridgehead atoms. The zero-order chi connectivity index (χ0) is 14.8. The number of carboxylic acids is 1. The summed E-state index contributed by atoms with van der Waals surface area (Å²) >= 11 is 0. The number of nitriles is 1. The third kappa shape index (κ3) is 2.37. The van der Waals surface area contributed by atoms with E-state index in [0.29, 0.717) is 11.4 Å². The number of hydrogen-bond donors (Lipinski definition) is 1. The number of hydrogen-bond acceptors (Lipinski definition) is 5. The van der Waals surface area contributed by atoms with E-state index in [4.69, 9.17) is 10.00 Å². The maximum Gasteiger partial charge on any atom is 0.346 e. The molecule has 1 aromatic carbocycles. The molecule has 21 heavy (non-hydrogen) atoms. The number of rotatable bonds is 2. The number of aromatic nitrogens is 1. The lowest BCUT2D eigenvalue weighted by Gasteiger charge is -2.34. The molecule has 1 aromatic heterocycles. The smallest absolute Gasteiger partial charge is 0.346 e. The Kier molecular flexibility index (Phi) is 3.16. The predicted molar refractivity (Wildman–Crippen MR) is 74.5 cm³/mol. The molecule has 1 N–H and O–H groups in total. The van der Waals surface area contributed by atoms with Crippen LogP contribution in [0.15, 0.2) is 42.6 Å². The molecular weight excluding hydrogens is 270 g/mol. The van der Waals surface area contributed by atoms with Gasteiger partial charge in [-0.15, -0.1) is 0 Å². The molecule has 0 spiro atoms. The number of para-hydroxylation sites is 2. The Hall–Kier alpha value is -3.07. The molecule has 2 heterocycles. The van der Waals surface area contributed by atoms with Gasteiger partial charge in [-0.05, 0) is 24.3 Å². The molecule has 0 fully saturated rings. The van der Waals surface area contributed by atoms with Crippen molar-refractivity contribution in [1.82, 2.24) is 4.98 Å². The Labute approximate surface area is 120 Å². The number of nitrogens with zero attached hydrogens (tertiary/aromatic N) is 3. The summed E-state index contributed by atoms with van der Waals surface area (Å²) in [5, 5.41) is 18.2. The number of fused-ring (bicyclic) bond motifs is 1. The number of anilines is 2. The molecule has 0 amide bonds. The van der Waals surface area contributed by atoms with E-state index in [-0.39, 0.29) is 12.2 Å². The van der Waals surface area contributed by atoms with Crippen LogP contribution in [0.5, 0.6) is 5.75 Å². The molecule has 0 saturated heterocycles. The van der Waals surface area contributed by atoms with E-state index < -0.39 is 12.1 Å². The van der Waals surface area contributed by atoms with E-state index in [9.17, 15) is 9.90 Å². The summed E-state index contributed by atoms with van der Waals surface area (Å²) < 4.78 is 5.48. The zero-order valence-electron chi connectivity index (χ0n) is 10.9. The number of carboxylic acid groups (broad SMARTS) is 1. The van der Waals surface area contributed by atoms with E-state index >= 15 is 0 Å². The Balaban J connectivity index is 2.08. The molecule has 6 nitrogen and oxygen atoms in total. The van der Waals surface area contributed by atoms with Crippen LogP contribution in [0.4, 0.5) is 11.4 Å². The van der Waals surface area contributed by atoms with Crippen molar-refractivity contribution in [3.63, 3.8) is 0 Å². The van der Waals surface area contributed by atoms with Gasteiger partial charge in [-0.1, -0.05) is 12.1 Å². The van der Waals surface area contributed by atoms with E-state index in [1.165, 1.54) is 6.20 Å². The van der Waals surface area contributed by atoms with E-state index in [1.807, 2.05) is 23.1 Å². The first-order valence-electron chi connectivity index (χ1n) is 6.31. The molecular formula is C15H11N3O3. The number of ether oxygens (including phenoxy) is 1. The van der Waals surface area contributed by atoms with Crippen molar-refractivity contribution in [3.05, 3.63) is 48.3 Å². The van der Waals surface area contributed by atoms with Crippen molar-refractivity contribution in [2.75, 3.05) is 11.4 Å². The second-order valence-corrected chi connectivity index (χ2v) is 4.53. The third-order valence-corrected chi connectivity index (χ3v) is 3.22. The van der Waals surface area contributed by atoms with Crippen molar-refractivity contribution in [2.45, 2.75) is 6.10 Å². The first-order chi connectivity index (χ1) is 10.2. The minimum Gasteiger partial charge on any atom is -0.478 e. The Morgan fingerprint density at radius 1 is 1.43 bits per heavy atom. The van der Waals surface area contributed by atoms with Gasteiger partial charge in [-0.3, -0.25) is 0 Å². The monoisotopic (exact) mass is 281 g/mol. The fourth-order valence-corrected chi connectivity index (χ4v) is 2.26. The van der Waals surface area contributed by atoms with Gasteiger partial charge in [0.05, 0.1) is 12.2 Å². The predicted octanol–water partition coefficient (Wildman–Crippen LogP) is 1.94. The fraction of sp³-hybridized carbons (Fsp3) is 0.133. The van der Waals surface area contributed by atoms with Crippen LogP contribution >= 0.6 is 0 Å². The summed E-state index contributed by atoms with van der Waals surface area (Å²) in [6.07, 6.45) is 0.570. The van der Waals surface area contributed by atoms with Crippen LogP contribution in [0.25, 0.3) is 0 Å². The van der Waals surface area contributed by atoms with Crippen LogP contribution in [0.3, 0.4) is 0 Å². The van der Waals surface area contributed by atoms with Crippen molar-refractivity contribution in [3.8, 4) is 11.8 Å². The van der Waals surface area contributed by atoms with E-state index in [1.54, 1.807) is 24.3 Å². The summed E-state index contributed by atoms with van der Waals surface area (Å²) in [6.45, 7) is 0.168. The SMILES string of the molecule is N#Cc1cc(N2CC(C(=O)O)Oc3ccccc32)ccn1. The van der Waals surface area contributed by atoms with E-state index in [2.05, 4.69) is 4.98 Å². The lowest BCUT2D eigenvalue weighted by Crippen LogP contribution is -2.42. The van der Waals surface area contributed by atoms with Crippen LogP contribution in [0, 0.1) is 11.3 Å². The van der Waals surface area contributed by atoms with Gasteiger partial charge >= 0.3 is 5.97 Å². The van der Waals surface area contributed by atoms with Crippen LogP contribution in [-0.4, -0.2) is 28.7 Å². The first kappa shape index (κ1) is 12.9. The largest absolute Gasteiger partial charge is 0.478 e. The highest BCUT2D eigenvalue weighted by Gasteiger charge is 2.31. The number of pyridine rings is 1. The van der Waals surface area contributed by atoms with Gasteiger partial charge < -0.3 is 14.7 Å². The average molecular weight is 281 g/mol. The quantitative estimate of drug-likeness (QED) is 0.905. The van der Waals surface area contributed by atoms with Crippen molar-refractivity contribution >= 4 is 17.3 Å². The molecule has 0 radical (unpaired) electrons. The van der Waals surface area contributed by atoms with Crippen LogP contribution in [0.1, 0.15) is 5.69 Å². The van der Waals surface area contributed by atoms with Crippen molar-refractivity contribution < 1.29 is 14.6 Å². The average Bonchev–Trinajstić information content (AvgIpc) is 2.53. The lowest BCUT2D eigenvalue weighted by molar-refractivity contribution is -0.144. The summed E-state index contributed by atoms with van der Waals surface area (Å²) in [4.78, 5) is 17.0. The maximum atomic E-state index is 11.2. The second kappa shape index (κ2) is 5.13. The van der Waals surface area contributed by atoms with Gasteiger partial charge in [0.25, 0.3) is 0 Å². The van der Waals surface area contributed by atoms with Crippen molar-refractivity contribution in [2.24, 2.45) is 0 Å². The minimum absolute atomic E-state index is 0.168. The van der Waals surface area contributed by atoms with Gasteiger partial charge in [-0.25, -0.2) is 9.78 Å². The van der Waals surface area contributed by atoms with Gasteiger partial charge in [0.15, 0.2) is 0 Å². The highest BCUT2D eigenvalue weighted by atomic mass is 16.5. The molecule has 2 aromatic rings. The Morgan fingerprint density at radius 2 is 2.24 bits per heavy atom. The minimum atomic E-state index is -1.02. The first-order valence-corrected chi connectivity index (χ1v) is 6.31. The third-order valence-electron chi connectivity index (χ3n) is 3.22. The van der Waals surface area contributed by atoms with Crippen LogP contribution < -0.4 is 9.64 Å². The fourth-order valence-electron chi connectivity index (χ4n) is 2.26. The number of carbonyl (C=O) groups is 1. The highest BCUT2D eigenvalue weighted by molar-refractivity contribution is 5.79.